The number of furan rings is 1. The third-order valence-corrected chi connectivity index (χ3v) is 5.21. The molecule has 0 aliphatic rings. The van der Waals surface area contributed by atoms with Crippen LogP contribution in [0.4, 0.5) is 0 Å². The quantitative estimate of drug-likeness (QED) is 0.304. The summed E-state index contributed by atoms with van der Waals surface area (Å²) in [5.41, 5.74) is 4.18. The minimum absolute atomic E-state index is 0.909. The van der Waals surface area contributed by atoms with Crippen molar-refractivity contribution < 1.29 is 4.42 Å². The normalized spacial score (nSPS) is 11.5. The fourth-order valence-electron chi connectivity index (χ4n) is 3.48. The van der Waals surface area contributed by atoms with Crippen molar-refractivity contribution >= 4 is 48.6 Å². The van der Waals surface area contributed by atoms with Crippen LogP contribution in [0, 0.1) is 0 Å². The fourth-order valence-corrected chi connectivity index (χ4v) is 4.04. The first-order chi connectivity index (χ1) is 11.8. The highest BCUT2D eigenvalue weighted by Gasteiger charge is 2.14. The lowest BCUT2D eigenvalue weighted by Gasteiger charge is -2.07. The Bertz CT molecular complexity index is 1210. The number of para-hydroxylation sites is 1. The average Bonchev–Trinajstić information content (AvgIpc) is 3.01. The molecule has 1 nitrogen and oxygen atoms in total. The van der Waals surface area contributed by atoms with Gasteiger partial charge in [0.05, 0.1) is 0 Å². The van der Waals surface area contributed by atoms with E-state index in [9.17, 15) is 0 Å². The van der Waals surface area contributed by atoms with Crippen LogP contribution < -0.4 is 0 Å². The molecule has 0 atom stereocenters. The van der Waals surface area contributed by atoms with Gasteiger partial charge in [0.15, 0.2) is 0 Å². The first-order valence-corrected chi connectivity index (χ1v) is 8.70. The third-order valence-electron chi connectivity index (χ3n) is 4.55. The number of fused-ring (bicyclic) bond motifs is 4. The summed E-state index contributed by atoms with van der Waals surface area (Å²) in [7, 11) is 0. The van der Waals surface area contributed by atoms with E-state index in [0.717, 1.165) is 32.0 Å². The second-order valence-corrected chi connectivity index (χ2v) is 6.78. The van der Waals surface area contributed by atoms with Gasteiger partial charge in [-0.15, -0.1) is 0 Å². The van der Waals surface area contributed by atoms with Crippen molar-refractivity contribution in [2.75, 3.05) is 0 Å². The highest BCUT2D eigenvalue weighted by molar-refractivity contribution is 9.10. The van der Waals surface area contributed by atoms with Crippen molar-refractivity contribution in [3.63, 3.8) is 0 Å². The van der Waals surface area contributed by atoms with Crippen LogP contribution >= 0.6 is 15.9 Å². The predicted octanol–water partition coefficient (Wildman–Crippen LogP) is 7.17. The maximum atomic E-state index is 6.24. The summed E-state index contributed by atoms with van der Waals surface area (Å²) in [5, 5.41) is 4.76. The van der Waals surface area contributed by atoms with E-state index < -0.39 is 0 Å². The molecule has 0 N–H and O–H groups in total. The molecule has 0 bridgehead atoms. The highest BCUT2D eigenvalue weighted by atomic mass is 79.9. The number of halogens is 1. The standard InChI is InChI=1S/C22H13BrO/c23-19-12-5-13-20-21(19)18-11-4-10-17(22(18)24-20)16-9-3-7-14-6-1-2-8-15(14)16/h1-13H. The van der Waals surface area contributed by atoms with Gasteiger partial charge >= 0.3 is 0 Å². The molecule has 4 aromatic carbocycles. The van der Waals surface area contributed by atoms with Crippen LogP contribution in [-0.4, -0.2) is 0 Å². The summed E-state index contributed by atoms with van der Waals surface area (Å²) in [5.74, 6) is 0. The predicted molar refractivity (Wildman–Crippen MR) is 104 cm³/mol. The molecule has 5 aromatic rings. The first kappa shape index (κ1) is 13.8. The fraction of sp³-hybridized carbons (Fsp3) is 0. The Morgan fingerprint density at radius 1 is 0.625 bits per heavy atom. The molecule has 2 heteroatoms. The van der Waals surface area contributed by atoms with Gasteiger partial charge in [0, 0.05) is 20.8 Å². The van der Waals surface area contributed by atoms with Gasteiger partial charge in [-0.3, -0.25) is 0 Å². The SMILES string of the molecule is Brc1cccc2oc3c(-c4cccc5ccccc45)cccc3c12. The van der Waals surface area contributed by atoms with Gasteiger partial charge in [-0.05, 0) is 28.5 Å². The summed E-state index contributed by atoms with van der Waals surface area (Å²) in [6, 6.07) is 27.3. The van der Waals surface area contributed by atoms with Gasteiger partial charge in [0.1, 0.15) is 11.2 Å². The minimum Gasteiger partial charge on any atom is -0.455 e. The summed E-state index contributed by atoms with van der Waals surface area (Å²) >= 11 is 3.66. The Kier molecular flexibility index (Phi) is 3.00. The minimum atomic E-state index is 0.909. The number of rotatable bonds is 1. The molecular weight excluding hydrogens is 360 g/mol. The van der Waals surface area contributed by atoms with Crippen molar-refractivity contribution in [1.29, 1.82) is 0 Å². The average molecular weight is 373 g/mol. The lowest BCUT2D eigenvalue weighted by atomic mass is 9.97. The summed E-state index contributed by atoms with van der Waals surface area (Å²) in [4.78, 5) is 0. The van der Waals surface area contributed by atoms with Crippen LogP contribution in [0.15, 0.2) is 87.8 Å². The number of benzene rings is 4. The van der Waals surface area contributed by atoms with Gasteiger partial charge in [-0.1, -0.05) is 82.7 Å². The summed E-state index contributed by atoms with van der Waals surface area (Å²) in [6.45, 7) is 0. The zero-order valence-corrected chi connectivity index (χ0v) is 14.4. The largest absolute Gasteiger partial charge is 0.455 e. The third kappa shape index (κ3) is 1.93. The second-order valence-electron chi connectivity index (χ2n) is 5.92. The van der Waals surface area contributed by atoms with Gasteiger partial charge in [-0.2, -0.15) is 0 Å². The molecule has 114 valence electrons. The van der Waals surface area contributed by atoms with Crippen LogP contribution in [0.25, 0.3) is 43.8 Å². The van der Waals surface area contributed by atoms with Crippen molar-refractivity contribution in [3.8, 4) is 11.1 Å². The molecule has 24 heavy (non-hydrogen) atoms. The molecule has 0 aliphatic heterocycles. The van der Waals surface area contributed by atoms with E-state index >= 15 is 0 Å². The van der Waals surface area contributed by atoms with E-state index in [4.69, 9.17) is 4.42 Å². The van der Waals surface area contributed by atoms with E-state index in [1.165, 1.54) is 16.3 Å². The molecule has 0 saturated carbocycles. The Morgan fingerprint density at radius 3 is 2.29 bits per heavy atom. The second kappa shape index (κ2) is 5.22. The van der Waals surface area contributed by atoms with E-state index in [1.807, 2.05) is 12.1 Å². The molecule has 0 unspecified atom stereocenters. The summed E-state index contributed by atoms with van der Waals surface area (Å²) < 4.78 is 7.30. The van der Waals surface area contributed by atoms with Crippen LogP contribution in [-0.2, 0) is 0 Å². The Hall–Kier alpha value is -2.58. The molecular formula is C22H13BrO. The van der Waals surface area contributed by atoms with Crippen LogP contribution in [0.1, 0.15) is 0 Å². The van der Waals surface area contributed by atoms with Gasteiger partial charge in [0.25, 0.3) is 0 Å². The molecule has 0 fully saturated rings. The Morgan fingerprint density at radius 2 is 1.33 bits per heavy atom. The molecule has 1 heterocycles. The van der Waals surface area contributed by atoms with E-state index in [0.29, 0.717) is 0 Å². The lowest BCUT2D eigenvalue weighted by Crippen LogP contribution is -1.82. The summed E-state index contributed by atoms with van der Waals surface area (Å²) in [6.07, 6.45) is 0. The molecule has 1 aromatic heterocycles. The van der Waals surface area contributed by atoms with Crippen molar-refractivity contribution in [2.24, 2.45) is 0 Å². The van der Waals surface area contributed by atoms with E-state index in [2.05, 4.69) is 82.7 Å². The first-order valence-electron chi connectivity index (χ1n) is 7.91. The molecule has 0 radical (unpaired) electrons. The molecule has 0 saturated heterocycles. The molecule has 0 amide bonds. The zero-order valence-electron chi connectivity index (χ0n) is 12.8. The Balaban J connectivity index is 1.93. The monoisotopic (exact) mass is 372 g/mol. The van der Waals surface area contributed by atoms with Gasteiger partial charge in [0.2, 0.25) is 0 Å². The maximum absolute atomic E-state index is 6.24. The van der Waals surface area contributed by atoms with Crippen molar-refractivity contribution in [3.05, 3.63) is 83.3 Å². The topological polar surface area (TPSA) is 13.1 Å². The van der Waals surface area contributed by atoms with Crippen molar-refractivity contribution in [2.45, 2.75) is 0 Å². The number of hydrogen-bond acceptors (Lipinski definition) is 1. The maximum Gasteiger partial charge on any atom is 0.143 e. The van der Waals surface area contributed by atoms with Crippen LogP contribution in [0.3, 0.4) is 0 Å². The van der Waals surface area contributed by atoms with E-state index in [1.54, 1.807) is 0 Å². The van der Waals surface area contributed by atoms with Gasteiger partial charge in [-0.25, -0.2) is 0 Å². The smallest absolute Gasteiger partial charge is 0.143 e. The molecule has 0 spiro atoms. The van der Waals surface area contributed by atoms with Crippen LogP contribution in [0.5, 0.6) is 0 Å². The highest BCUT2D eigenvalue weighted by Crippen LogP contribution is 2.40. The molecule has 0 aliphatic carbocycles. The van der Waals surface area contributed by atoms with Crippen molar-refractivity contribution in [1.82, 2.24) is 0 Å². The van der Waals surface area contributed by atoms with Gasteiger partial charge < -0.3 is 4.42 Å². The van der Waals surface area contributed by atoms with E-state index in [-0.39, 0.29) is 0 Å². The zero-order chi connectivity index (χ0) is 16.1. The lowest BCUT2D eigenvalue weighted by molar-refractivity contribution is 0.670. The van der Waals surface area contributed by atoms with Crippen LogP contribution in [0.2, 0.25) is 0 Å². The molecule has 5 rings (SSSR count). The number of hydrogen-bond donors (Lipinski definition) is 0. The Labute approximate surface area is 147 Å².